The van der Waals surface area contributed by atoms with Crippen molar-refractivity contribution in [1.29, 1.82) is 0 Å². The van der Waals surface area contributed by atoms with Gasteiger partial charge in [-0.3, -0.25) is 0 Å². The lowest BCUT2D eigenvalue weighted by molar-refractivity contribution is 0.385. The van der Waals surface area contributed by atoms with Crippen molar-refractivity contribution in [3.63, 3.8) is 0 Å². The number of rotatable bonds is 0. The molecule has 4 atom stereocenters. The van der Waals surface area contributed by atoms with Gasteiger partial charge in [-0.1, -0.05) is 24.3 Å². The van der Waals surface area contributed by atoms with E-state index in [1.807, 2.05) is 0 Å². The second-order valence-corrected chi connectivity index (χ2v) is 4.29. The molecule has 2 heteroatoms. The Labute approximate surface area is 84.6 Å². The van der Waals surface area contributed by atoms with Crippen LogP contribution in [-0.4, -0.2) is 24.4 Å². The molecule has 0 saturated carbocycles. The summed E-state index contributed by atoms with van der Waals surface area (Å²) in [6.07, 6.45) is 16.0. The molecule has 2 saturated heterocycles. The summed E-state index contributed by atoms with van der Waals surface area (Å²) >= 11 is 0. The number of fused-ring (bicyclic) bond motifs is 2. The Kier molecular flexibility index (Phi) is 2.18. The van der Waals surface area contributed by atoms with E-state index in [2.05, 4.69) is 24.3 Å². The van der Waals surface area contributed by atoms with E-state index in [0.717, 1.165) is 0 Å². The van der Waals surface area contributed by atoms with Gasteiger partial charge in [0, 0.05) is 0 Å². The highest BCUT2D eigenvalue weighted by atomic mass is 16.6. The minimum Gasteiger partial charge on any atom is -0.365 e. The van der Waals surface area contributed by atoms with Crippen molar-refractivity contribution < 1.29 is 9.47 Å². The van der Waals surface area contributed by atoms with Crippen LogP contribution in [0.15, 0.2) is 24.3 Å². The molecule has 0 N–H and O–H groups in total. The molecular formula is C12H16O2. The van der Waals surface area contributed by atoms with Crippen molar-refractivity contribution in [3.05, 3.63) is 24.3 Å². The van der Waals surface area contributed by atoms with Crippen molar-refractivity contribution in [2.45, 2.75) is 50.1 Å². The Morgan fingerprint density at radius 2 is 1.29 bits per heavy atom. The van der Waals surface area contributed by atoms with Crippen LogP contribution in [0.5, 0.6) is 0 Å². The molecule has 2 heterocycles. The van der Waals surface area contributed by atoms with Crippen LogP contribution in [-0.2, 0) is 9.47 Å². The lowest BCUT2D eigenvalue weighted by atomic mass is 10.1. The molecule has 4 unspecified atom stereocenters. The zero-order valence-electron chi connectivity index (χ0n) is 8.26. The maximum atomic E-state index is 5.19. The molecule has 14 heavy (non-hydrogen) atoms. The van der Waals surface area contributed by atoms with E-state index in [0.29, 0.717) is 24.4 Å². The SMILES string of the molecule is C1=CC2OC2CC1.C1=CC2OC2CC1. The maximum absolute atomic E-state index is 5.19. The molecule has 2 nitrogen and oxygen atoms in total. The largest absolute Gasteiger partial charge is 0.365 e. The quantitative estimate of drug-likeness (QED) is 0.434. The second-order valence-electron chi connectivity index (χ2n) is 4.29. The van der Waals surface area contributed by atoms with Gasteiger partial charge >= 0.3 is 0 Å². The molecule has 0 aromatic carbocycles. The van der Waals surface area contributed by atoms with E-state index in [-0.39, 0.29) is 0 Å². The molecule has 4 rings (SSSR count). The summed E-state index contributed by atoms with van der Waals surface area (Å²) in [7, 11) is 0. The van der Waals surface area contributed by atoms with E-state index < -0.39 is 0 Å². The first-order valence-electron chi connectivity index (χ1n) is 5.58. The van der Waals surface area contributed by atoms with Gasteiger partial charge < -0.3 is 9.47 Å². The van der Waals surface area contributed by atoms with Crippen molar-refractivity contribution in [2.24, 2.45) is 0 Å². The average molecular weight is 192 g/mol. The lowest BCUT2D eigenvalue weighted by Gasteiger charge is -1.91. The van der Waals surface area contributed by atoms with Gasteiger partial charge in [0.1, 0.15) is 12.2 Å². The van der Waals surface area contributed by atoms with Crippen LogP contribution in [0.3, 0.4) is 0 Å². The van der Waals surface area contributed by atoms with Crippen molar-refractivity contribution >= 4 is 0 Å². The summed E-state index contributed by atoms with van der Waals surface area (Å²) < 4.78 is 10.4. The normalized spacial score (nSPS) is 45.7. The van der Waals surface area contributed by atoms with Crippen LogP contribution in [0.4, 0.5) is 0 Å². The fraction of sp³-hybridized carbons (Fsp3) is 0.667. The fourth-order valence-electron chi connectivity index (χ4n) is 2.10. The van der Waals surface area contributed by atoms with Gasteiger partial charge in [0.25, 0.3) is 0 Å². The topological polar surface area (TPSA) is 25.1 Å². The van der Waals surface area contributed by atoms with Gasteiger partial charge in [0.2, 0.25) is 0 Å². The molecule has 0 bridgehead atoms. The number of epoxide rings is 2. The first-order valence-corrected chi connectivity index (χ1v) is 5.58. The summed E-state index contributed by atoms with van der Waals surface area (Å²) in [5.41, 5.74) is 0. The van der Waals surface area contributed by atoms with E-state index in [1.165, 1.54) is 25.7 Å². The fourth-order valence-corrected chi connectivity index (χ4v) is 2.10. The van der Waals surface area contributed by atoms with Crippen LogP contribution in [0.1, 0.15) is 25.7 Å². The lowest BCUT2D eigenvalue weighted by Crippen LogP contribution is -1.93. The van der Waals surface area contributed by atoms with Gasteiger partial charge in [-0.2, -0.15) is 0 Å². The first kappa shape index (κ1) is 8.69. The highest BCUT2D eigenvalue weighted by molar-refractivity contribution is 5.07. The Morgan fingerprint density at radius 1 is 0.786 bits per heavy atom. The van der Waals surface area contributed by atoms with Crippen molar-refractivity contribution in [2.75, 3.05) is 0 Å². The van der Waals surface area contributed by atoms with Crippen molar-refractivity contribution in [3.8, 4) is 0 Å². The van der Waals surface area contributed by atoms with Crippen LogP contribution in [0.2, 0.25) is 0 Å². The summed E-state index contributed by atoms with van der Waals surface area (Å²) in [6.45, 7) is 0. The average Bonchev–Trinajstić information content (AvgIpc) is 3.13. The first-order chi connectivity index (χ1) is 6.93. The minimum absolute atomic E-state index is 0.522. The summed E-state index contributed by atoms with van der Waals surface area (Å²) in [5.74, 6) is 0. The Morgan fingerprint density at radius 3 is 1.57 bits per heavy atom. The highest BCUT2D eigenvalue weighted by Crippen LogP contribution is 2.31. The third kappa shape index (κ3) is 1.91. The number of hydrogen-bond acceptors (Lipinski definition) is 2. The van der Waals surface area contributed by atoms with Crippen LogP contribution < -0.4 is 0 Å². The van der Waals surface area contributed by atoms with Crippen LogP contribution in [0, 0.1) is 0 Å². The number of hydrogen-bond donors (Lipinski definition) is 0. The zero-order valence-corrected chi connectivity index (χ0v) is 8.26. The Bertz CT molecular complexity index is 241. The predicted octanol–water partition coefficient (Wildman–Crippen LogP) is 2.21. The zero-order chi connectivity index (χ0) is 9.38. The second kappa shape index (κ2) is 3.52. The molecule has 0 radical (unpaired) electrons. The molecule has 0 aromatic rings. The number of allylic oxidation sites excluding steroid dienone is 2. The third-order valence-corrected chi connectivity index (χ3v) is 3.13. The molecular weight excluding hydrogens is 176 g/mol. The van der Waals surface area contributed by atoms with Gasteiger partial charge in [0.05, 0.1) is 12.2 Å². The van der Waals surface area contributed by atoms with Gasteiger partial charge in [-0.05, 0) is 25.7 Å². The van der Waals surface area contributed by atoms with Gasteiger partial charge in [0.15, 0.2) is 0 Å². The van der Waals surface area contributed by atoms with E-state index in [1.54, 1.807) is 0 Å². The molecule has 2 aliphatic heterocycles. The highest BCUT2D eigenvalue weighted by Gasteiger charge is 2.37. The van der Waals surface area contributed by atoms with Crippen LogP contribution in [0.25, 0.3) is 0 Å². The van der Waals surface area contributed by atoms with Gasteiger partial charge in [-0.25, -0.2) is 0 Å². The smallest absolute Gasteiger partial charge is 0.102 e. The minimum atomic E-state index is 0.522. The Balaban J connectivity index is 0.0000000914. The van der Waals surface area contributed by atoms with Gasteiger partial charge in [-0.15, -0.1) is 0 Å². The molecule has 76 valence electrons. The number of ether oxygens (including phenoxy) is 2. The summed E-state index contributed by atoms with van der Waals surface area (Å²) in [6, 6.07) is 0. The monoisotopic (exact) mass is 192 g/mol. The third-order valence-electron chi connectivity index (χ3n) is 3.13. The molecule has 4 aliphatic rings. The summed E-state index contributed by atoms with van der Waals surface area (Å²) in [4.78, 5) is 0. The van der Waals surface area contributed by atoms with Crippen LogP contribution >= 0.6 is 0 Å². The Hall–Kier alpha value is -0.600. The predicted molar refractivity (Wildman–Crippen MR) is 54.1 cm³/mol. The standard InChI is InChI=1S/2C6H8O/c2*1-2-4-6-5(3-1)7-6/h2*1,3,5-6H,2,4H2. The summed E-state index contributed by atoms with van der Waals surface area (Å²) in [5, 5.41) is 0. The molecule has 0 aromatic heterocycles. The van der Waals surface area contributed by atoms with Crippen molar-refractivity contribution in [1.82, 2.24) is 0 Å². The molecule has 0 amide bonds. The molecule has 2 fully saturated rings. The molecule has 0 spiro atoms. The van der Waals surface area contributed by atoms with E-state index in [4.69, 9.17) is 9.47 Å². The van der Waals surface area contributed by atoms with E-state index in [9.17, 15) is 0 Å². The molecule has 2 aliphatic carbocycles. The van der Waals surface area contributed by atoms with E-state index >= 15 is 0 Å². The maximum Gasteiger partial charge on any atom is 0.102 e.